The molecule has 0 spiro atoms. The Kier molecular flexibility index (Phi) is 6.75. The molecule has 7 nitrogen and oxygen atoms in total. The minimum atomic E-state index is -1.01. The molecular weight excluding hydrogens is 478 g/mol. The van der Waals surface area contributed by atoms with Gasteiger partial charge in [-0.3, -0.25) is 14.6 Å². The maximum Gasteiger partial charge on any atom is 0.326 e. The highest BCUT2D eigenvalue weighted by molar-refractivity contribution is 6.04. The Labute approximate surface area is 220 Å². The molecule has 1 aliphatic rings. The number of anilines is 1. The van der Waals surface area contributed by atoms with Gasteiger partial charge in [0.15, 0.2) is 0 Å². The molecule has 0 fully saturated rings. The zero-order valence-corrected chi connectivity index (χ0v) is 21.1. The lowest BCUT2D eigenvalue weighted by atomic mass is 10.0. The lowest BCUT2D eigenvalue weighted by molar-refractivity contribution is -0.144. The van der Waals surface area contributed by atoms with Crippen molar-refractivity contribution in [2.24, 2.45) is 5.92 Å². The second-order valence-electron chi connectivity index (χ2n) is 9.66. The van der Waals surface area contributed by atoms with E-state index in [0.29, 0.717) is 22.5 Å². The van der Waals surface area contributed by atoms with Crippen LogP contribution in [-0.4, -0.2) is 38.8 Å². The SMILES string of the molecule is CC(C)[C@@H](C(=O)O)N1Cc2ccc(-c3ccc(C(=O)Nc4ccc(-c5ccccc5)cc4)cn3)cc2C1=O. The molecule has 0 bridgehead atoms. The second-order valence-corrected chi connectivity index (χ2v) is 9.66. The summed E-state index contributed by atoms with van der Waals surface area (Å²) in [7, 11) is 0. The first kappa shape index (κ1) is 24.9. The van der Waals surface area contributed by atoms with Crippen LogP contribution in [0.1, 0.15) is 40.1 Å². The fourth-order valence-electron chi connectivity index (χ4n) is 4.76. The van der Waals surface area contributed by atoms with E-state index in [2.05, 4.69) is 10.3 Å². The van der Waals surface area contributed by atoms with E-state index in [1.807, 2.05) is 66.7 Å². The number of fused-ring (bicyclic) bond motifs is 1. The van der Waals surface area contributed by atoms with Crippen molar-refractivity contribution >= 4 is 23.5 Å². The molecule has 2 N–H and O–H groups in total. The monoisotopic (exact) mass is 505 g/mol. The summed E-state index contributed by atoms with van der Waals surface area (Å²) in [4.78, 5) is 43.4. The summed E-state index contributed by atoms with van der Waals surface area (Å²) in [5.74, 6) is -1.79. The van der Waals surface area contributed by atoms with Crippen LogP contribution < -0.4 is 5.32 Å². The Morgan fingerprint density at radius 3 is 2.21 bits per heavy atom. The summed E-state index contributed by atoms with van der Waals surface area (Å²) >= 11 is 0. The van der Waals surface area contributed by atoms with E-state index in [1.54, 1.807) is 32.0 Å². The third kappa shape index (κ3) is 4.91. The minimum Gasteiger partial charge on any atom is -0.480 e. The van der Waals surface area contributed by atoms with Gasteiger partial charge >= 0.3 is 5.97 Å². The normalized spacial score (nSPS) is 13.3. The molecule has 1 aromatic heterocycles. The van der Waals surface area contributed by atoms with Crippen LogP contribution in [0.2, 0.25) is 0 Å². The van der Waals surface area contributed by atoms with Gasteiger partial charge in [-0.05, 0) is 52.9 Å². The molecule has 5 rings (SSSR count). The van der Waals surface area contributed by atoms with E-state index in [0.717, 1.165) is 22.3 Å². The number of carbonyl (C=O) groups excluding carboxylic acids is 2. The van der Waals surface area contributed by atoms with Crippen molar-refractivity contribution in [2.75, 3.05) is 5.32 Å². The van der Waals surface area contributed by atoms with Crippen LogP contribution in [0.3, 0.4) is 0 Å². The Morgan fingerprint density at radius 1 is 0.895 bits per heavy atom. The van der Waals surface area contributed by atoms with Crippen LogP contribution in [0, 0.1) is 5.92 Å². The summed E-state index contributed by atoms with van der Waals surface area (Å²) in [6, 6.07) is 25.6. The molecule has 38 heavy (non-hydrogen) atoms. The molecule has 0 aliphatic carbocycles. The second kappa shape index (κ2) is 10.3. The van der Waals surface area contributed by atoms with Crippen LogP contribution in [0.15, 0.2) is 91.1 Å². The predicted octanol–water partition coefficient (Wildman–Crippen LogP) is 5.73. The first-order valence-electron chi connectivity index (χ1n) is 12.4. The number of aromatic nitrogens is 1. The van der Waals surface area contributed by atoms with Crippen LogP contribution in [0.25, 0.3) is 22.4 Å². The summed E-state index contributed by atoms with van der Waals surface area (Å²) < 4.78 is 0. The van der Waals surface area contributed by atoms with Crippen LogP contribution >= 0.6 is 0 Å². The third-order valence-electron chi connectivity index (χ3n) is 6.73. The molecule has 2 heterocycles. The number of nitrogens with one attached hydrogen (secondary N) is 1. The highest BCUT2D eigenvalue weighted by atomic mass is 16.4. The lowest BCUT2D eigenvalue weighted by Crippen LogP contribution is -2.44. The number of hydrogen-bond donors (Lipinski definition) is 2. The Bertz CT molecular complexity index is 1500. The number of hydrogen-bond acceptors (Lipinski definition) is 4. The van der Waals surface area contributed by atoms with E-state index in [1.165, 1.54) is 11.1 Å². The fourth-order valence-corrected chi connectivity index (χ4v) is 4.76. The first-order chi connectivity index (χ1) is 18.3. The highest BCUT2D eigenvalue weighted by Crippen LogP contribution is 2.31. The maximum absolute atomic E-state index is 13.0. The zero-order chi connectivity index (χ0) is 26.8. The average Bonchev–Trinajstić information content (AvgIpc) is 3.24. The Balaban J connectivity index is 1.28. The largest absolute Gasteiger partial charge is 0.480 e. The summed E-state index contributed by atoms with van der Waals surface area (Å²) in [5.41, 5.74) is 5.87. The molecule has 0 saturated carbocycles. The van der Waals surface area contributed by atoms with E-state index in [9.17, 15) is 19.5 Å². The van der Waals surface area contributed by atoms with Crippen molar-refractivity contribution in [2.45, 2.75) is 26.4 Å². The van der Waals surface area contributed by atoms with E-state index >= 15 is 0 Å². The van der Waals surface area contributed by atoms with Gasteiger partial charge < -0.3 is 15.3 Å². The smallest absolute Gasteiger partial charge is 0.326 e. The van der Waals surface area contributed by atoms with Crippen molar-refractivity contribution in [3.05, 3.63) is 108 Å². The number of carbonyl (C=O) groups is 3. The molecule has 0 unspecified atom stereocenters. The maximum atomic E-state index is 13.0. The molecule has 0 radical (unpaired) electrons. The number of aliphatic carboxylic acids is 1. The Morgan fingerprint density at radius 2 is 1.58 bits per heavy atom. The van der Waals surface area contributed by atoms with Crippen LogP contribution in [0.4, 0.5) is 5.69 Å². The number of carboxylic acid groups (broad SMARTS) is 1. The van der Waals surface area contributed by atoms with Crippen molar-refractivity contribution in [1.82, 2.24) is 9.88 Å². The number of carboxylic acids is 1. The molecule has 0 saturated heterocycles. The van der Waals surface area contributed by atoms with Crippen molar-refractivity contribution in [3.8, 4) is 22.4 Å². The molecule has 3 aromatic carbocycles. The summed E-state index contributed by atoms with van der Waals surface area (Å²) in [6.45, 7) is 3.85. The number of pyridine rings is 1. The van der Waals surface area contributed by atoms with Gasteiger partial charge in [-0.1, -0.05) is 68.4 Å². The van der Waals surface area contributed by atoms with Gasteiger partial charge in [-0.25, -0.2) is 4.79 Å². The van der Waals surface area contributed by atoms with Crippen molar-refractivity contribution < 1.29 is 19.5 Å². The number of rotatable bonds is 7. The van der Waals surface area contributed by atoms with E-state index in [-0.39, 0.29) is 24.3 Å². The quantitative estimate of drug-likeness (QED) is 0.334. The van der Waals surface area contributed by atoms with Gasteiger partial charge in [0, 0.05) is 29.6 Å². The van der Waals surface area contributed by atoms with Gasteiger partial charge in [-0.2, -0.15) is 0 Å². The lowest BCUT2D eigenvalue weighted by Gasteiger charge is -2.27. The molecule has 1 aliphatic heterocycles. The molecule has 2 amide bonds. The van der Waals surface area contributed by atoms with Gasteiger partial charge in [0.25, 0.3) is 11.8 Å². The van der Waals surface area contributed by atoms with Crippen LogP contribution in [-0.2, 0) is 11.3 Å². The van der Waals surface area contributed by atoms with E-state index in [4.69, 9.17) is 0 Å². The topological polar surface area (TPSA) is 99.6 Å². The average molecular weight is 506 g/mol. The van der Waals surface area contributed by atoms with Gasteiger partial charge in [-0.15, -0.1) is 0 Å². The molecule has 190 valence electrons. The van der Waals surface area contributed by atoms with E-state index < -0.39 is 12.0 Å². The van der Waals surface area contributed by atoms with Gasteiger partial charge in [0.2, 0.25) is 0 Å². The number of nitrogens with zero attached hydrogens (tertiary/aromatic N) is 2. The highest BCUT2D eigenvalue weighted by Gasteiger charge is 2.38. The molecular formula is C31H27N3O4. The predicted molar refractivity (Wildman–Crippen MR) is 146 cm³/mol. The van der Waals surface area contributed by atoms with Gasteiger partial charge in [0.1, 0.15) is 6.04 Å². The van der Waals surface area contributed by atoms with Crippen molar-refractivity contribution in [1.29, 1.82) is 0 Å². The molecule has 7 heteroatoms. The minimum absolute atomic E-state index is 0.215. The number of amides is 2. The third-order valence-corrected chi connectivity index (χ3v) is 6.73. The fraction of sp³-hybridized carbons (Fsp3) is 0.161. The first-order valence-corrected chi connectivity index (χ1v) is 12.4. The number of benzene rings is 3. The molecule has 1 atom stereocenters. The van der Waals surface area contributed by atoms with Gasteiger partial charge in [0.05, 0.1) is 11.3 Å². The van der Waals surface area contributed by atoms with Crippen molar-refractivity contribution in [3.63, 3.8) is 0 Å². The summed E-state index contributed by atoms with van der Waals surface area (Å²) in [6.07, 6.45) is 1.50. The summed E-state index contributed by atoms with van der Waals surface area (Å²) in [5, 5.41) is 12.5. The zero-order valence-electron chi connectivity index (χ0n) is 21.1. The Hall–Kier alpha value is -4.78. The van der Waals surface area contributed by atoms with Crippen LogP contribution in [0.5, 0.6) is 0 Å². The standard InChI is InChI=1S/C31H27N3O4/c1-19(2)28(31(37)38)34-18-24-9-8-22(16-26(24)30(34)36)27-15-12-23(17-32-27)29(35)33-25-13-10-21(11-14-25)20-6-4-3-5-7-20/h3-17,19,28H,18H2,1-2H3,(H,33,35)(H,37,38)/t28-/m0/s1. The molecule has 4 aromatic rings.